The Balaban J connectivity index is 2.50. The first-order valence-electron chi connectivity index (χ1n) is 6.64. The second kappa shape index (κ2) is 6.69. The topological polar surface area (TPSA) is 89.5 Å². The van der Waals surface area contributed by atoms with Crippen molar-refractivity contribution in [1.82, 2.24) is 0 Å². The molecular weight excluding hydrogens is 338 g/mol. The van der Waals surface area contributed by atoms with Gasteiger partial charge in [-0.1, -0.05) is 30.3 Å². The molecular formula is C15H17NO5S2. The van der Waals surface area contributed by atoms with Crippen LogP contribution in [0.1, 0.15) is 5.56 Å². The minimum atomic E-state index is -4.05. The van der Waals surface area contributed by atoms with Crippen LogP contribution in [0.5, 0.6) is 0 Å². The van der Waals surface area contributed by atoms with Gasteiger partial charge in [0.05, 0.1) is 17.2 Å². The van der Waals surface area contributed by atoms with E-state index < -0.39 is 19.9 Å². The third-order valence-corrected chi connectivity index (χ3v) is 5.81. The molecule has 0 saturated carbocycles. The van der Waals surface area contributed by atoms with E-state index in [1.54, 1.807) is 24.3 Å². The zero-order valence-corrected chi connectivity index (χ0v) is 14.3. The molecule has 0 radical (unpaired) electrons. The number of hydrogen-bond donors (Lipinski definition) is 1. The summed E-state index contributed by atoms with van der Waals surface area (Å²) in [6, 6.07) is 12.2. The number of sulfone groups is 1. The number of benzene rings is 2. The van der Waals surface area contributed by atoms with Gasteiger partial charge in [0.25, 0.3) is 10.0 Å². The van der Waals surface area contributed by atoms with Crippen LogP contribution in [0.2, 0.25) is 0 Å². The number of ether oxygens (including phenoxy) is 1. The Morgan fingerprint density at radius 3 is 2.09 bits per heavy atom. The normalized spacial score (nSPS) is 12.1. The Morgan fingerprint density at radius 1 is 0.913 bits per heavy atom. The zero-order chi connectivity index (χ0) is 17.1. The first-order valence-corrected chi connectivity index (χ1v) is 10.0. The van der Waals surface area contributed by atoms with E-state index >= 15 is 0 Å². The number of rotatable bonds is 6. The molecule has 124 valence electrons. The summed E-state index contributed by atoms with van der Waals surface area (Å²) < 4.78 is 56.3. The van der Waals surface area contributed by atoms with E-state index in [0.29, 0.717) is 11.3 Å². The third-order valence-electron chi connectivity index (χ3n) is 3.10. The van der Waals surface area contributed by atoms with Crippen LogP contribution in [0.15, 0.2) is 58.3 Å². The number of anilines is 1. The van der Waals surface area contributed by atoms with Crippen molar-refractivity contribution in [3.05, 3.63) is 54.1 Å². The van der Waals surface area contributed by atoms with Crippen molar-refractivity contribution in [3.8, 4) is 0 Å². The monoisotopic (exact) mass is 355 g/mol. The average molecular weight is 355 g/mol. The summed E-state index contributed by atoms with van der Waals surface area (Å²) in [5.74, 6) is 0. The third kappa shape index (κ3) is 4.10. The van der Waals surface area contributed by atoms with Crippen LogP contribution < -0.4 is 4.72 Å². The van der Waals surface area contributed by atoms with E-state index in [-0.39, 0.29) is 16.4 Å². The number of para-hydroxylation sites is 1. The lowest BCUT2D eigenvalue weighted by molar-refractivity contribution is 0.185. The van der Waals surface area contributed by atoms with E-state index in [1.165, 1.54) is 31.4 Å². The van der Waals surface area contributed by atoms with Crippen LogP contribution >= 0.6 is 0 Å². The molecule has 0 aliphatic carbocycles. The maximum atomic E-state index is 12.6. The van der Waals surface area contributed by atoms with E-state index in [4.69, 9.17) is 4.74 Å². The van der Waals surface area contributed by atoms with Crippen molar-refractivity contribution < 1.29 is 21.6 Å². The van der Waals surface area contributed by atoms with Crippen molar-refractivity contribution in [2.45, 2.75) is 16.4 Å². The van der Waals surface area contributed by atoms with Crippen molar-refractivity contribution in [1.29, 1.82) is 0 Å². The summed E-state index contributed by atoms with van der Waals surface area (Å²) in [5.41, 5.74) is 0.994. The summed E-state index contributed by atoms with van der Waals surface area (Å²) in [6.45, 7) is 0.229. The molecule has 6 nitrogen and oxygen atoms in total. The summed E-state index contributed by atoms with van der Waals surface area (Å²) in [6.07, 6.45) is 0.972. The van der Waals surface area contributed by atoms with Crippen LogP contribution in [-0.2, 0) is 31.2 Å². The minimum absolute atomic E-state index is 0.229. The van der Waals surface area contributed by atoms with Gasteiger partial charge in [-0.3, -0.25) is 4.72 Å². The van der Waals surface area contributed by atoms with Gasteiger partial charge in [0, 0.05) is 18.9 Å². The molecule has 0 aliphatic rings. The Labute approximate surface area is 136 Å². The second-order valence-electron chi connectivity index (χ2n) is 4.91. The highest BCUT2D eigenvalue weighted by atomic mass is 32.2. The van der Waals surface area contributed by atoms with Crippen molar-refractivity contribution in [2.24, 2.45) is 0 Å². The Bertz CT molecular complexity index is 905. The van der Waals surface area contributed by atoms with Gasteiger partial charge < -0.3 is 4.74 Å². The van der Waals surface area contributed by atoms with Gasteiger partial charge in [-0.25, -0.2) is 16.8 Å². The maximum absolute atomic E-state index is 12.6. The van der Waals surface area contributed by atoms with Gasteiger partial charge in [0.2, 0.25) is 0 Å². The molecule has 0 saturated heterocycles. The largest absolute Gasteiger partial charge is 0.380 e. The number of nitrogens with one attached hydrogen (secondary N) is 1. The lowest BCUT2D eigenvalue weighted by Gasteiger charge is -2.14. The molecule has 8 heteroatoms. The second-order valence-corrected chi connectivity index (χ2v) is 8.55. The Hall–Kier alpha value is -1.90. The fraction of sp³-hybridized carbons (Fsp3) is 0.200. The van der Waals surface area contributed by atoms with E-state index in [0.717, 1.165) is 6.26 Å². The standard InChI is InChI=1S/C15H17NO5S2/c1-21-11-12-7-3-4-8-13(12)16-23(19,20)15-10-6-5-9-14(15)22(2,17)18/h3-10,16H,11H2,1-2H3. The highest BCUT2D eigenvalue weighted by Crippen LogP contribution is 2.25. The first-order chi connectivity index (χ1) is 10.8. The van der Waals surface area contributed by atoms with Gasteiger partial charge >= 0.3 is 0 Å². The van der Waals surface area contributed by atoms with Gasteiger partial charge in [-0.2, -0.15) is 0 Å². The van der Waals surface area contributed by atoms with Crippen LogP contribution in [0, 0.1) is 0 Å². The summed E-state index contributed by atoms with van der Waals surface area (Å²) in [5, 5.41) is 0. The van der Waals surface area contributed by atoms with Gasteiger partial charge in [-0.05, 0) is 18.2 Å². The van der Waals surface area contributed by atoms with Crippen molar-refractivity contribution in [3.63, 3.8) is 0 Å². The lowest BCUT2D eigenvalue weighted by Crippen LogP contribution is -2.17. The molecule has 0 heterocycles. The molecule has 0 amide bonds. The zero-order valence-electron chi connectivity index (χ0n) is 12.7. The van der Waals surface area contributed by atoms with Crippen molar-refractivity contribution >= 4 is 25.5 Å². The molecule has 23 heavy (non-hydrogen) atoms. The van der Waals surface area contributed by atoms with Crippen LogP contribution in [0.25, 0.3) is 0 Å². The van der Waals surface area contributed by atoms with Crippen LogP contribution in [0.4, 0.5) is 5.69 Å². The minimum Gasteiger partial charge on any atom is -0.380 e. The fourth-order valence-electron chi connectivity index (χ4n) is 2.08. The predicted molar refractivity (Wildman–Crippen MR) is 87.5 cm³/mol. The molecule has 0 unspecified atom stereocenters. The molecule has 0 bridgehead atoms. The van der Waals surface area contributed by atoms with Crippen molar-refractivity contribution in [2.75, 3.05) is 18.1 Å². The fourth-order valence-corrected chi connectivity index (χ4v) is 4.81. The molecule has 1 N–H and O–H groups in total. The highest BCUT2D eigenvalue weighted by Gasteiger charge is 2.24. The summed E-state index contributed by atoms with van der Waals surface area (Å²) >= 11 is 0. The SMILES string of the molecule is COCc1ccccc1NS(=O)(=O)c1ccccc1S(C)(=O)=O. The van der Waals surface area contributed by atoms with Crippen LogP contribution in [0.3, 0.4) is 0 Å². The summed E-state index contributed by atoms with van der Waals surface area (Å²) in [7, 11) is -6.22. The molecule has 2 rings (SSSR count). The molecule has 0 aromatic heterocycles. The van der Waals surface area contributed by atoms with Gasteiger partial charge in [0.15, 0.2) is 9.84 Å². The maximum Gasteiger partial charge on any atom is 0.263 e. The molecule has 0 fully saturated rings. The quantitative estimate of drug-likeness (QED) is 0.856. The van der Waals surface area contributed by atoms with Crippen LogP contribution in [-0.4, -0.2) is 30.2 Å². The molecule has 0 atom stereocenters. The average Bonchev–Trinajstić information content (AvgIpc) is 2.48. The number of methoxy groups -OCH3 is 1. The number of hydrogen-bond acceptors (Lipinski definition) is 5. The van der Waals surface area contributed by atoms with E-state index in [2.05, 4.69) is 4.72 Å². The number of sulfonamides is 1. The molecule has 2 aromatic carbocycles. The highest BCUT2D eigenvalue weighted by molar-refractivity contribution is 7.95. The predicted octanol–water partition coefficient (Wildman–Crippen LogP) is 2.04. The molecule has 2 aromatic rings. The van der Waals surface area contributed by atoms with E-state index in [9.17, 15) is 16.8 Å². The van der Waals surface area contributed by atoms with E-state index in [1.807, 2.05) is 0 Å². The summed E-state index contributed by atoms with van der Waals surface area (Å²) in [4.78, 5) is -0.522. The van der Waals surface area contributed by atoms with Gasteiger partial charge in [-0.15, -0.1) is 0 Å². The Morgan fingerprint density at radius 2 is 1.48 bits per heavy atom. The molecule has 0 spiro atoms. The van der Waals surface area contributed by atoms with Gasteiger partial charge in [0.1, 0.15) is 4.90 Å². The molecule has 0 aliphatic heterocycles. The smallest absolute Gasteiger partial charge is 0.263 e. The first kappa shape index (κ1) is 17.5. The lowest BCUT2D eigenvalue weighted by atomic mass is 10.2. The Kier molecular flexibility index (Phi) is 5.08.